The number of carbonyl (C=O) groups excluding carboxylic acids is 1. The van der Waals surface area contributed by atoms with E-state index in [0.717, 1.165) is 13.1 Å². The van der Waals surface area contributed by atoms with Crippen molar-refractivity contribution in [2.24, 2.45) is 11.3 Å². The third-order valence-electron chi connectivity index (χ3n) is 4.92. The lowest BCUT2D eigenvalue weighted by molar-refractivity contribution is -0.133. The van der Waals surface area contributed by atoms with Crippen molar-refractivity contribution in [1.82, 2.24) is 10.2 Å². The molecule has 3 nitrogen and oxygen atoms in total. The first-order valence-electron chi connectivity index (χ1n) is 8.91. The van der Waals surface area contributed by atoms with Crippen molar-refractivity contribution in [2.45, 2.75) is 84.7 Å². The second-order valence-corrected chi connectivity index (χ2v) is 8.36. The Morgan fingerprint density at radius 2 is 1.81 bits per heavy atom. The van der Waals surface area contributed by atoms with E-state index in [2.05, 4.69) is 31.0 Å². The molecule has 0 bridgehead atoms. The van der Waals surface area contributed by atoms with Gasteiger partial charge in [-0.1, -0.05) is 40.5 Å². The monoisotopic (exact) mass is 294 g/mol. The van der Waals surface area contributed by atoms with E-state index >= 15 is 0 Å². The van der Waals surface area contributed by atoms with Crippen LogP contribution in [0.1, 0.15) is 72.6 Å². The fraction of sp³-hybridized carbons (Fsp3) is 0.944. The highest BCUT2D eigenvalue weighted by Gasteiger charge is 2.32. The number of nitrogens with one attached hydrogen (secondary N) is 1. The number of carbonyl (C=O) groups is 1. The average Bonchev–Trinajstić information content (AvgIpc) is 2.88. The summed E-state index contributed by atoms with van der Waals surface area (Å²) >= 11 is 0. The van der Waals surface area contributed by atoms with Gasteiger partial charge in [-0.3, -0.25) is 4.79 Å². The van der Waals surface area contributed by atoms with Gasteiger partial charge in [0, 0.05) is 31.6 Å². The molecule has 0 spiro atoms. The lowest BCUT2D eigenvalue weighted by Crippen LogP contribution is -2.53. The van der Waals surface area contributed by atoms with E-state index in [0.29, 0.717) is 35.7 Å². The SMILES string of the molecule is CCC(=O)N1CC(CC(C)(C)C)CC(NC2CCCC2)C1. The van der Waals surface area contributed by atoms with Crippen LogP contribution in [0.2, 0.25) is 0 Å². The van der Waals surface area contributed by atoms with Crippen molar-refractivity contribution in [1.29, 1.82) is 0 Å². The van der Waals surface area contributed by atoms with Gasteiger partial charge in [0.2, 0.25) is 5.91 Å². The second-order valence-electron chi connectivity index (χ2n) is 8.36. The molecule has 122 valence electrons. The van der Waals surface area contributed by atoms with Crippen LogP contribution in [0.25, 0.3) is 0 Å². The minimum Gasteiger partial charge on any atom is -0.341 e. The topological polar surface area (TPSA) is 32.3 Å². The summed E-state index contributed by atoms with van der Waals surface area (Å²) in [5.74, 6) is 0.972. The number of amides is 1. The largest absolute Gasteiger partial charge is 0.341 e. The molecule has 2 atom stereocenters. The molecule has 21 heavy (non-hydrogen) atoms. The molecule has 1 heterocycles. The Kier molecular flexibility index (Phi) is 5.70. The van der Waals surface area contributed by atoms with E-state index in [1.807, 2.05) is 6.92 Å². The molecular weight excluding hydrogens is 260 g/mol. The first-order valence-corrected chi connectivity index (χ1v) is 8.91. The van der Waals surface area contributed by atoms with Gasteiger partial charge in [0.1, 0.15) is 0 Å². The van der Waals surface area contributed by atoms with Crippen molar-refractivity contribution in [3.63, 3.8) is 0 Å². The molecule has 2 fully saturated rings. The molecular formula is C18H34N2O. The van der Waals surface area contributed by atoms with Gasteiger partial charge in [-0.15, -0.1) is 0 Å². The maximum absolute atomic E-state index is 12.2. The summed E-state index contributed by atoms with van der Waals surface area (Å²) in [6.07, 6.45) is 8.47. The third kappa shape index (κ3) is 5.28. The highest BCUT2D eigenvalue weighted by Crippen LogP contribution is 2.31. The molecule has 0 aromatic carbocycles. The zero-order chi connectivity index (χ0) is 15.5. The van der Waals surface area contributed by atoms with Crippen molar-refractivity contribution in [2.75, 3.05) is 13.1 Å². The Morgan fingerprint density at radius 3 is 2.38 bits per heavy atom. The average molecular weight is 294 g/mol. The van der Waals surface area contributed by atoms with Crippen molar-refractivity contribution < 1.29 is 4.79 Å². The fourth-order valence-electron chi connectivity index (χ4n) is 4.19. The summed E-state index contributed by atoms with van der Waals surface area (Å²) in [6.45, 7) is 10.8. The Morgan fingerprint density at radius 1 is 1.14 bits per heavy atom. The quantitative estimate of drug-likeness (QED) is 0.859. The zero-order valence-electron chi connectivity index (χ0n) is 14.5. The van der Waals surface area contributed by atoms with Gasteiger partial charge in [0.25, 0.3) is 0 Å². The molecule has 1 saturated carbocycles. The highest BCUT2D eigenvalue weighted by molar-refractivity contribution is 5.76. The van der Waals surface area contributed by atoms with Crippen LogP contribution in [0, 0.1) is 11.3 Å². The summed E-state index contributed by atoms with van der Waals surface area (Å²) in [4.78, 5) is 14.3. The van der Waals surface area contributed by atoms with Crippen LogP contribution in [0.4, 0.5) is 0 Å². The molecule has 1 saturated heterocycles. The predicted octanol–water partition coefficient (Wildman–Crippen LogP) is 3.58. The van der Waals surface area contributed by atoms with Crippen LogP contribution in [0.15, 0.2) is 0 Å². The van der Waals surface area contributed by atoms with Crippen LogP contribution in [0.5, 0.6) is 0 Å². The van der Waals surface area contributed by atoms with Gasteiger partial charge in [-0.05, 0) is 37.0 Å². The molecule has 3 heteroatoms. The minimum atomic E-state index is 0.326. The minimum absolute atomic E-state index is 0.326. The lowest BCUT2D eigenvalue weighted by Gasteiger charge is -2.41. The van der Waals surface area contributed by atoms with Crippen molar-refractivity contribution >= 4 is 5.91 Å². The van der Waals surface area contributed by atoms with Gasteiger partial charge >= 0.3 is 0 Å². The third-order valence-corrected chi connectivity index (χ3v) is 4.92. The maximum atomic E-state index is 12.2. The number of likely N-dealkylation sites (tertiary alicyclic amines) is 1. The number of hydrogen-bond donors (Lipinski definition) is 1. The van der Waals surface area contributed by atoms with Crippen LogP contribution in [0.3, 0.4) is 0 Å². The van der Waals surface area contributed by atoms with E-state index in [1.165, 1.54) is 38.5 Å². The predicted molar refractivity (Wildman–Crippen MR) is 88.2 cm³/mol. The summed E-state index contributed by atoms with van der Waals surface area (Å²) in [6, 6.07) is 1.20. The highest BCUT2D eigenvalue weighted by atomic mass is 16.2. The first kappa shape index (κ1) is 16.8. The maximum Gasteiger partial charge on any atom is 0.222 e. The summed E-state index contributed by atoms with van der Waals surface area (Å²) in [5.41, 5.74) is 0.348. The zero-order valence-corrected chi connectivity index (χ0v) is 14.5. The smallest absolute Gasteiger partial charge is 0.222 e. The molecule has 1 aliphatic heterocycles. The molecule has 1 amide bonds. The fourth-order valence-corrected chi connectivity index (χ4v) is 4.19. The Bertz CT molecular complexity index is 342. The second kappa shape index (κ2) is 7.13. The van der Waals surface area contributed by atoms with Crippen LogP contribution in [-0.2, 0) is 4.79 Å². The molecule has 2 rings (SSSR count). The van der Waals surface area contributed by atoms with E-state index in [-0.39, 0.29) is 0 Å². The van der Waals surface area contributed by atoms with E-state index in [9.17, 15) is 4.79 Å². The standard InChI is InChI=1S/C18H34N2O/c1-5-17(21)20-12-14(11-18(2,3)4)10-16(13-20)19-15-8-6-7-9-15/h14-16,19H,5-13H2,1-4H3. The van der Waals surface area contributed by atoms with Crippen molar-refractivity contribution in [3.8, 4) is 0 Å². The molecule has 2 aliphatic rings. The number of hydrogen-bond acceptors (Lipinski definition) is 2. The molecule has 1 aliphatic carbocycles. The number of rotatable bonds is 4. The Labute approximate surface area is 130 Å². The summed E-state index contributed by atoms with van der Waals surface area (Å²) in [7, 11) is 0. The van der Waals surface area contributed by atoms with Crippen LogP contribution >= 0.6 is 0 Å². The van der Waals surface area contributed by atoms with Crippen LogP contribution in [-0.4, -0.2) is 36.0 Å². The van der Waals surface area contributed by atoms with Gasteiger partial charge in [0.15, 0.2) is 0 Å². The first-order chi connectivity index (χ1) is 9.87. The Hall–Kier alpha value is -0.570. The van der Waals surface area contributed by atoms with E-state index < -0.39 is 0 Å². The van der Waals surface area contributed by atoms with Gasteiger partial charge in [0.05, 0.1) is 0 Å². The normalized spacial score (nSPS) is 28.1. The van der Waals surface area contributed by atoms with E-state index in [4.69, 9.17) is 0 Å². The Balaban J connectivity index is 1.96. The number of nitrogens with zero attached hydrogens (tertiary/aromatic N) is 1. The van der Waals surface area contributed by atoms with E-state index in [1.54, 1.807) is 0 Å². The lowest BCUT2D eigenvalue weighted by atomic mass is 9.80. The van der Waals surface area contributed by atoms with Crippen molar-refractivity contribution in [3.05, 3.63) is 0 Å². The van der Waals surface area contributed by atoms with Crippen LogP contribution < -0.4 is 5.32 Å². The molecule has 0 aromatic rings. The number of piperidine rings is 1. The van der Waals surface area contributed by atoms with Gasteiger partial charge in [-0.2, -0.15) is 0 Å². The molecule has 0 radical (unpaired) electrons. The van der Waals surface area contributed by atoms with Gasteiger partial charge in [-0.25, -0.2) is 0 Å². The molecule has 0 aromatic heterocycles. The van der Waals surface area contributed by atoms with Gasteiger partial charge < -0.3 is 10.2 Å². The summed E-state index contributed by atoms with van der Waals surface area (Å²) < 4.78 is 0. The summed E-state index contributed by atoms with van der Waals surface area (Å²) in [5, 5.41) is 3.85. The molecule has 1 N–H and O–H groups in total. The molecule has 2 unspecified atom stereocenters.